The van der Waals surface area contributed by atoms with Crippen LogP contribution in [0, 0.1) is 0 Å². The van der Waals surface area contributed by atoms with Crippen molar-refractivity contribution in [2.75, 3.05) is 0 Å². The van der Waals surface area contributed by atoms with E-state index in [2.05, 4.69) is 23.5 Å². The topological polar surface area (TPSA) is 51.2 Å². The lowest BCUT2D eigenvalue weighted by Gasteiger charge is -2.03. The second kappa shape index (κ2) is 5.28. The van der Waals surface area contributed by atoms with E-state index in [9.17, 15) is 0 Å². The van der Waals surface area contributed by atoms with Gasteiger partial charge in [0.25, 0.3) is 0 Å². The molecule has 1 aromatic carbocycles. The average molecular weight is 256 g/mol. The van der Waals surface area contributed by atoms with Crippen LogP contribution in [-0.4, -0.2) is 5.16 Å². The van der Waals surface area contributed by atoms with Crippen molar-refractivity contribution < 1.29 is 8.94 Å². The first-order valence-corrected chi connectivity index (χ1v) is 6.47. The molecule has 0 fully saturated rings. The molecule has 3 aromatic rings. The number of aromatic nitrogens is 1. The number of para-hydroxylation sites is 1. The molecule has 1 N–H and O–H groups in total. The predicted octanol–water partition coefficient (Wildman–Crippen LogP) is 3.27. The number of hydrogen-bond acceptors (Lipinski definition) is 4. The van der Waals surface area contributed by atoms with E-state index in [4.69, 9.17) is 8.94 Å². The van der Waals surface area contributed by atoms with Gasteiger partial charge in [0.15, 0.2) is 0 Å². The molecule has 0 amide bonds. The van der Waals surface area contributed by atoms with Gasteiger partial charge in [-0.25, -0.2) is 0 Å². The maximum Gasteiger partial charge on any atom is 0.134 e. The zero-order valence-corrected chi connectivity index (χ0v) is 10.8. The molecule has 0 radical (unpaired) electrons. The molecule has 0 saturated heterocycles. The van der Waals surface area contributed by atoms with Crippen LogP contribution in [0.4, 0.5) is 0 Å². The van der Waals surface area contributed by atoms with Crippen molar-refractivity contribution in [3.05, 3.63) is 53.6 Å². The van der Waals surface area contributed by atoms with Crippen LogP contribution in [0.25, 0.3) is 11.0 Å². The molecule has 0 aliphatic heterocycles. The Kier molecular flexibility index (Phi) is 3.33. The Bertz CT molecular complexity index is 656. The first-order valence-electron chi connectivity index (χ1n) is 6.47. The molecule has 3 rings (SSSR count). The van der Waals surface area contributed by atoms with Crippen LogP contribution in [-0.2, 0) is 19.5 Å². The Balaban J connectivity index is 1.79. The van der Waals surface area contributed by atoms with Crippen molar-refractivity contribution in [3.63, 3.8) is 0 Å². The number of aryl methyl sites for hydroxylation is 1. The molecule has 0 spiro atoms. The summed E-state index contributed by atoms with van der Waals surface area (Å²) < 4.78 is 10.7. The number of nitrogens with zero attached hydrogens (tertiary/aromatic N) is 1. The van der Waals surface area contributed by atoms with E-state index in [1.807, 2.05) is 24.3 Å². The van der Waals surface area contributed by atoms with Crippen LogP contribution >= 0.6 is 0 Å². The Hall–Kier alpha value is -2.07. The van der Waals surface area contributed by atoms with Gasteiger partial charge in [-0.05, 0) is 6.07 Å². The first-order chi connectivity index (χ1) is 9.38. The number of rotatable bonds is 5. The lowest BCUT2D eigenvalue weighted by Crippen LogP contribution is -2.13. The summed E-state index contributed by atoms with van der Waals surface area (Å²) in [6.07, 6.45) is 2.48. The molecule has 19 heavy (non-hydrogen) atoms. The third kappa shape index (κ3) is 2.39. The van der Waals surface area contributed by atoms with E-state index in [-0.39, 0.29) is 0 Å². The molecule has 4 nitrogen and oxygen atoms in total. The van der Waals surface area contributed by atoms with Crippen LogP contribution in [0.5, 0.6) is 0 Å². The molecular weight excluding hydrogens is 240 g/mol. The van der Waals surface area contributed by atoms with Crippen molar-refractivity contribution in [1.82, 2.24) is 10.5 Å². The minimum absolute atomic E-state index is 0.694. The lowest BCUT2D eigenvalue weighted by molar-refractivity contribution is 0.408. The summed E-state index contributed by atoms with van der Waals surface area (Å²) in [6, 6.07) is 10.0. The molecule has 0 aliphatic carbocycles. The smallest absolute Gasteiger partial charge is 0.134 e. The third-order valence-corrected chi connectivity index (χ3v) is 3.20. The van der Waals surface area contributed by atoms with Crippen molar-refractivity contribution in [1.29, 1.82) is 0 Å². The van der Waals surface area contributed by atoms with Crippen LogP contribution < -0.4 is 5.32 Å². The number of nitrogens with one attached hydrogen (secondary N) is 1. The van der Waals surface area contributed by atoms with Gasteiger partial charge in [0, 0.05) is 36.5 Å². The molecule has 4 heteroatoms. The highest BCUT2D eigenvalue weighted by Gasteiger charge is 2.11. The quantitative estimate of drug-likeness (QED) is 0.761. The Morgan fingerprint density at radius 3 is 2.84 bits per heavy atom. The summed E-state index contributed by atoms with van der Waals surface area (Å²) in [7, 11) is 0. The first kappa shape index (κ1) is 12.0. The normalized spacial score (nSPS) is 11.2. The van der Waals surface area contributed by atoms with E-state index >= 15 is 0 Å². The van der Waals surface area contributed by atoms with Gasteiger partial charge in [-0.15, -0.1) is 0 Å². The van der Waals surface area contributed by atoms with Gasteiger partial charge >= 0.3 is 0 Å². The fourth-order valence-corrected chi connectivity index (χ4v) is 2.27. The van der Waals surface area contributed by atoms with Crippen molar-refractivity contribution in [2.24, 2.45) is 0 Å². The van der Waals surface area contributed by atoms with Crippen LogP contribution in [0.15, 0.2) is 45.5 Å². The van der Waals surface area contributed by atoms with Gasteiger partial charge in [0.1, 0.15) is 17.6 Å². The van der Waals surface area contributed by atoms with Crippen molar-refractivity contribution >= 4 is 11.0 Å². The summed E-state index contributed by atoms with van der Waals surface area (Å²) in [5.41, 5.74) is 3.10. The van der Waals surface area contributed by atoms with Crippen molar-refractivity contribution in [2.45, 2.75) is 26.4 Å². The largest absolute Gasteiger partial charge is 0.461 e. The molecule has 98 valence electrons. The summed E-state index contributed by atoms with van der Waals surface area (Å²) >= 11 is 0. The average Bonchev–Trinajstić information content (AvgIpc) is 3.06. The van der Waals surface area contributed by atoms with Gasteiger partial charge in [0.2, 0.25) is 0 Å². The van der Waals surface area contributed by atoms with E-state index in [1.165, 1.54) is 10.9 Å². The minimum atomic E-state index is 0.694. The van der Waals surface area contributed by atoms with E-state index < -0.39 is 0 Å². The Morgan fingerprint density at radius 2 is 2.05 bits per heavy atom. The molecule has 0 bridgehead atoms. The lowest BCUT2D eigenvalue weighted by atomic mass is 10.1. The predicted molar refractivity (Wildman–Crippen MR) is 72.6 cm³/mol. The second-order valence-electron chi connectivity index (χ2n) is 4.45. The maximum atomic E-state index is 5.86. The number of fused-ring (bicyclic) bond motifs is 1. The molecule has 2 heterocycles. The zero-order chi connectivity index (χ0) is 13.1. The van der Waals surface area contributed by atoms with Gasteiger partial charge in [-0.2, -0.15) is 0 Å². The van der Waals surface area contributed by atoms with E-state index in [0.29, 0.717) is 6.54 Å². The zero-order valence-electron chi connectivity index (χ0n) is 10.8. The molecular formula is C15H16N2O2. The Labute approximate surface area is 111 Å². The summed E-state index contributed by atoms with van der Waals surface area (Å²) in [5.74, 6) is 1.05. The fraction of sp³-hybridized carbons (Fsp3) is 0.267. The van der Waals surface area contributed by atoms with E-state index in [0.717, 1.165) is 30.0 Å². The molecule has 0 atom stereocenters. The minimum Gasteiger partial charge on any atom is -0.461 e. The third-order valence-electron chi connectivity index (χ3n) is 3.20. The highest BCUT2D eigenvalue weighted by atomic mass is 16.5. The van der Waals surface area contributed by atoms with Gasteiger partial charge in [-0.3, -0.25) is 0 Å². The van der Waals surface area contributed by atoms with Gasteiger partial charge < -0.3 is 14.3 Å². The number of benzene rings is 1. The SMILES string of the molecule is CCc1oc2ccccc2c1CNCc1ccon1. The van der Waals surface area contributed by atoms with Crippen molar-refractivity contribution in [3.8, 4) is 0 Å². The van der Waals surface area contributed by atoms with Crippen LogP contribution in [0.2, 0.25) is 0 Å². The van der Waals surface area contributed by atoms with E-state index in [1.54, 1.807) is 6.26 Å². The summed E-state index contributed by atoms with van der Waals surface area (Å²) in [6.45, 7) is 3.57. The van der Waals surface area contributed by atoms with Crippen LogP contribution in [0.1, 0.15) is 23.9 Å². The highest BCUT2D eigenvalue weighted by molar-refractivity contribution is 5.82. The second-order valence-corrected chi connectivity index (χ2v) is 4.45. The Morgan fingerprint density at radius 1 is 1.16 bits per heavy atom. The van der Waals surface area contributed by atoms with Crippen LogP contribution in [0.3, 0.4) is 0 Å². The summed E-state index contributed by atoms with van der Waals surface area (Å²) in [4.78, 5) is 0. The van der Waals surface area contributed by atoms with Gasteiger partial charge in [-0.1, -0.05) is 30.3 Å². The van der Waals surface area contributed by atoms with Gasteiger partial charge in [0.05, 0.1) is 5.69 Å². The molecule has 0 saturated carbocycles. The number of hydrogen-bond donors (Lipinski definition) is 1. The summed E-state index contributed by atoms with van der Waals surface area (Å²) in [5, 5.41) is 8.44. The molecule has 0 aliphatic rings. The number of furan rings is 1. The standard InChI is InChI=1S/C15H16N2O2/c1-2-14-13(10-16-9-11-7-8-18-17-11)12-5-3-4-6-15(12)19-14/h3-8,16H,2,9-10H2,1H3. The fourth-order valence-electron chi connectivity index (χ4n) is 2.27. The monoisotopic (exact) mass is 256 g/mol. The molecule has 2 aromatic heterocycles. The molecule has 0 unspecified atom stereocenters. The highest BCUT2D eigenvalue weighted by Crippen LogP contribution is 2.26. The maximum absolute atomic E-state index is 5.86.